The summed E-state index contributed by atoms with van der Waals surface area (Å²) in [6.45, 7) is 6.54. The van der Waals surface area contributed by atoms with Crippen LogP contribution in [-0.4, -0.2) is 73.1 Å². The van der Waals surface area contributed by atoms with Crippen LogP contribution >= 0.6 is 0 Å². The van der Waals surface area contributed by atoms with Gasteiger partial charge in [0.2, 0.25) is 0 Å². The molecule has 2 heterocycles. The molecule has 0 saturated carbocycles. The predicted octanol–water partition coefficient (Wildman–Crippen LogP) is 3.79. The minimum atomic E-state index is -0.490. The largest absolute Gasteiger partial charge is 0.469 e. The molecule has 0 radical (unpaired) electrons. The van der Waals surface area contributed by atoms with Gasteiger partial charge < -0.3 is 29.2 Å². The zero-order valence-electron chi connectivity index (χ0n) is 21.2. The Hall–Kier alpha value is -0.990. The standard InChI is InChI=1S/C26H46O7/c1-17(2)7-6-8-19(27)11-21-10-9-18(3)25(33-21)15-22(30-4)14-23-12-20(28)13-24(32-23)16-26(29)31-5/h6,8,17-25,27-28H,7,9-16H2,1-5H3/b8-6+/t18-,19-,20+,21-,22-,23-,24-,25+/m0/s1. The normalized spacial score (nSPS) is 32.7. The van der Waals surface area contributed by atoms with E-state index in [0.717, 1.165) is 25.7 Å². The maximum atomic E-state index is 11.6. The van der Waals surface area contributed by atoms with Crippen LogP contribution in [0.3, 0.4) is 0 Å². The Morgan fingerprint density at radius 3 is 2.45 bits per heavy atom. The van der Waals surface area contributed by atoms with E-state index < -0.39 is 12.2 Å². The highest BCUT2D eigenvalue weighted by atomic mass is 16.5. The maximum Gasteiger partial charge on any atom is 0.308 e. The van der Waals surface area contributed by atoms with Gasteiger partial charge >= 0.3 is 5.97 Å². The monoisotopic (exact) mass is 470 g/mol. The van der Waals surface area contributed by atoms with Gasteiger partial charge in [0.15, 0.2) is 0 Å². The topological polar surface area (TPSA) is 94.5 Å². The highest BCUT2D eigenvalue weighted by molar-refractivity contribution is 5.69. The van der Waals surface area contributed by atoms with E-state index in [2.05, 4.69) is 26.8 Å². The van der Waals surface area contributed by atoms with Crippen LogP contribution < -0.4 is 0 Å². The van der Waals surface area contributed by atoms with E-state index in [1.807, 2.05) is 6.08 Å². The van der Waals surface area contributed by atoms with Crippen LogP contribution in [0.1, 0.15) is 78.6 Å². The lowest BCUT2D eigenvalue weighted by atomic mass is 9.87. The van der Waals surface area contributed by atoms with Crippen LogP contribution in [0.4, 0.5) is 0 Å². The van der Waals surface area contributed by atoms with Crippen LogP contribution in [0.15, 0.2) is 12.2 Å². The molecule has 2 rings (SSSR count). The Morgan fingerprint density at radius 1 is 1.06 bits per heavy atom. The minimum absolute atomic E-state index is 0.0413. The molecule has 0 aliphatic carbocycles. The SMILES string of the molecule is COC(=O)C[C@@H]1C[C@H](O)C[C@@H](C[C@@H](C[C@H]2O[C@H](C[C@@H](O)/C=C/CC(C)C)CC[C@@H]2C)OC)O1. The minimum Gasteiger partial charge on any atom is -0.469 e. The molecule has 0 spiro atoms. The van der Waals surface area contributed by atoms with Gasteiger partial charge in [-0.25, -0.2) is 0 Å². The number of rotatable bonds is 12. The van der Waals surface area contributed by atoms with Gasteiger partial charge in [0, 0.05) is 26.4 Å². The predicted molar refractivity (Wildman–Crippen MR) is 127 cm³/mol. The first-order valence-electron chi connectivity index (χ1n) is 12.6. The van der Waals surface area contributed by atoms with Crippen molar-refractivity contribution in [3.05, 3.63) is 12.2 Å². The number of esters is 1. The Morgan fingerprint density at radius 2 is 1.79 bits per heavy atom. The van der Waals surface area contributed by atoms with Crippen molar-refractivity contribution in [2.45, 2.75) is 121 Å². The summed E-state index contributed by atoms with van der Waals surface area (Å²) in [7, 11) is 3.06. The molecule has 2 fully saturated rings. The lowest BCUT2D eigenvalue weighted by molar-refractivity contribution is -0.153. The third kappa shape index (κ3) is 10.4. The van der Waals surface area contributed by atoms with Crippen molar-refractivity contribution in [3.63, 3.8) is 0 Å². The third-order valence-corrected chi connectivity index (χ3v) is 6.85. The molecule has 7 heteroatoms. The number of carbonyl (C=O) groups excluding carboxylic acids is 1. The van der Waals surface area contributed by atoms with Crippen molar-refractivity contribution >= 4 is 5.97 Å². The number of aliphatic hydroxyl groups excluding tert-OH is 2. The van der Waals surface area contributed by atoms with Gasteiger partial charge in [-0.1, -0.05) is 32.9 Å². The average Bonchev–Trinajstić information content (AvgIpc) is 2.74. The molecule has 192 valence electrons. The van der Waals surface area contributed by atoms with Gasteiger partial charge in [-0.15, -0.1) is 0 Å². The van der Waals surface area contributed by atoms with E-state index in [4.69, 9.17) is 18.9 Å². The van der Waals surface area contributed by atoms with Crippen LogP contribution in [-0.2, 0) is 23.7 Å². The molecular weight excluding hydrogens is 424 g/mol. The third-order valence-electron chi connectivity index (χ3n) is 6.85. The molecular formula is C26H46O7. The second-order valence-corrected chi connectivity index (χ2v) is 10.3. The van der Waals surface area contributed by atoms with Crippen LogP contribution in [0.2, 0.25) is 0 Å². The summed E-state index contributed by atoms with van der Waals surface area (Å²) in [6.07, 6.45) is 8.63. The van der Waals surface area contributed by atoms with E-state index in [-0.39, 0.29) is 42.9 Å². The molecule has 0 aromatic carbocycles. The molecule has 0 unspecified atom stereocenters. The Labute approximate surface area is 199 Å². The summed E-state index contributed by atoms with van der Waals surface area (Å²) in [5.41, 5.74) is 0. The Kier molecular flexibility index (Phi) is 12.3. The number of hydrogen-bond acceptors (Lipinski definition) is 7. The van der Waals surface area contributed by atoms with Gasteiger partial charge in [0.1, 0.15) is 0 Å². The zero-order valence-corrected chi connectivity index (χ0v) is 21.2. The summed E-state index contributed by atoms with van der Waals surface area (Å²) in [4.78, 5) is 11.6. The fourth-order valence-electron chi connectivity index (χ4n) is 4.88. The van der Waals surface area contributed by atoms with Crippen molar-refractivity contribution < 1.29 is 34.0 Å². The first-order valence-corrected chi connectivity index (χ1v) is 12.6. The lowest BCUT2D eigenvalue weighted by Gasteiger charge is -2.38. The number of carbonyl (C=O) groups is 1. The molecule has 0 aromatic rings. The molecule has 7 nitrogen and oxygen atoms in total. The summed E-state index contributed by atoms with van der Waals surface area (Å²) in [5.74, 6) is 0.672. The van der Waals surface area contributed by atoms with Crippen molar-refractivity contribution in [3.8, 4) is 0 Å². The first kappa shape index (κ1) is 28.2. The highest BCUT2D eigenvalue weighted by Gasteiger charge is 2.35. The van der Waals surface area contributed by atoms with E-state index in [0.29, 0.717) is 37.5 Å². The molecule has 8 atom stereocenters. The molecule has 2 saturated heterocycles. The Bertz CT molecular complexity index is 593. The first-order chi connectivity index (χ1) is 15.7. The number of hydrogen-bond donors (Lipinski definition) is 2. The fraction of sp³-hybridized carbons (Fsp3) is 0.885. The van der Waals surface area contributed by atoms with Crippen molar-refractivity contribution in [1.29, 1.82) is 0 Å². The number of aliphatic hydroxyl groups is 2. The van der Waals surface area contributed by atoms with E-state index in [9.17, 15) is 15.0 Å². The number of allylic oxidation sites excluding steroid dienone is 1. The maximum absolute atomic E-state index is 11.6. The number of ether oxygens (including phenoxy) is 4. The van der Waals surface area contributed by atoms with E-state index in [1.54, 1.807) is 7.11 Å². The van der Waals surface area contributed by atoms with Gasteiger partial charge in [0.05, 0.1) is 56.3 Å². The van der Waals surface area contributed by atoms with Crippen LogP contribution in [0.5, 0.6) is 0 Å². The zero-order chi connectivity index (χ0) is 24.4. The number of methoxy groups -OCH3 is 2. The molecule has 2 aliphatic heterocycles. The molecule has 2 N–H and O–H groups in total. The molecule has 2 aliphatic rings. The smallest absolute Gasteiger partial charge is 0.308 e. The quantitative estimate of drug-likeness (QED) is 0.331. The van der Waals surface area contributed by atoms with Crippen LogP contribution in [0.25, 0.3) is 0 Å². The highest BCUT2D eigenvalue weighted by Crippen LogP contribution is 2.32. The second-order valence-electron chi connectivity index (χ2n) is 10.3. The van der Waals surface area contributed by atoms with Crippen LogP contribution in [0, 0.1) is 11.8 Å². The second kappa shape index (κ2) is 14.4. The Balaban J connectivity index is 1.86. The van der Waals surface area contributed by atoms with Crippen molar-refractivity contribution in [1.82, 2.24) is 0 Å². The molecule has 0 bridgehead atoms. The molecule has 0 amide bonds. The fourth-order valence-corrected chi connectivity index (χ4v) is 4.88. The summed E-state index contributed by atoms with van der Waals surface area (Å²) >= 11 is 0. The summed E-state index contributed by atoms with van der Waals surface area (Å²) in [5, 5.41) is 20.6. The summed E-state index contributed by atoms with van der Waals surface area (Å²) < 4.78 is 23.0. The molecule has 33 heavy (non-hydrogen) atoms. The summed E-state index contributed by atoms with van der Waals surface area (Å²) in [6, 6.07) is 0. The van der Waals surface area contributed by atoms with Gasteiger partial charge in [0.25, 0.3) is 0 Å². The molecule has 0 aromatic heterocycles. The average molecular weight is 471 g/mol. The van der Waals surface area contributed by atoms with E-state index in [1.165, 1.54) is 7.11 Å². The van der Waals surface area contributed by atoms with Gasteiger partial charge in [-0.2, -0.15) is 0 Å². The van der Waals surface area contributed by atoms with E-state index >= 15 is 0 Å². The van der Waals surface area contributed by atoms with Crippen molar-refractivity contribution in [2.24, 2.45) is 11.8 Å². The van der Waals surface area contributed by atoms with Gasteiger partial charge in [-0.05, 0) is 43.9 Å². The van der Waals surface area contributed by atoms with Crippen molar-refractivity contribution in [2.75, 3.05) is 14.2 Å². The lowest BCUT2D eigenvalue weighted by Crippen LogP contribution is -2.41. The van der Waals surface area contributed by atoms with Gasteiger partial charge in [-0.3, -0.25) is 4.79 Å².